The SMILES string of the molecule is CCCn1nc(-c2ccc(OC(=O)CC(C)(C)C)c(F)c2)c2cccc(Cl)c21. The van der Waals surface area contributed by atoms with Gasteiger partial charge in [-0.25, -0.2) is 4.39 Å². The molecule has 28 heavy (non-hydrogen) atoms. The highest BCUT2D eigenvalue weighted by Gasteiger charge is 2.20. The lowest BCUT2D eigenvalue weighted by Crippen LogP contribution is -2.18. The van der Waals surface area contributed by atoms with Crippen LogP contribution in [0.25, 0.3) is 22.2 Å². The second-order valence-corrected chi connectivity index (χ2v) is 8.47. The van der Waals surface area contributed by atoms with Gasteiger partial charge >= 0.3 is 5.97 Å². The van der Waals surface area contributed by atoms with Crippen LogP contribution in [0.5, 0.6) is 5.75 Å². The number of esters is 1. The van der Waals surface area contributed by atoms with Gasteiger partial charge in [-0.3, -0.25) is 9.48 Å². The van der Waals surface area contributed by atoms with E-state index in [1.54, 1.807) is 6.07 Å². The first-order valence-corrected chi connectivity index (χ1v) is 9.73. The van der Waals surface area contributed by atoms with Crippen molar-refractivity contribution in [3.63, 3.8) is 0 Å². The average molecular weight is 403 g/mol. The van der Waals surface area contributed by atoms with E-state index in [1.165, 1.54) is 12.1 Å². The number of ether oxygens (including phenoxy) is 1. The first kappa shape index (κ1) is 20.3. The molecule has 6 heteroatoms. The number of aromatic nitrogens is 2. The Morgan fingerprint density at radius 2 is 2.00 bits per heavy atom. The largest absolute Gasteiger partial charge is 0.423 e. The Hall–Kier alpha value is -2.40. The quantitative estimate of drug-likeness (QED) is 0.374. The van der Waals surface area contributed by atoms with Gasteiger partial charge in [0.05, 0.1) is 17.0 Å². The minimum Gasteiger partial charge on any atom is -0.423 e. The van der Waals surface area contributed by atoms with Gasteiger partial charge in [-0.15, -0.1) is 0 Å². The molecule has 0 N–H and O–H groups in total. The van der Waals surface area contributed by atoms with E-state index in [2.05, 4.69) is 12.0 Å². The van der Waals surface area contributed by atoms with E-state index in [9.17, 15) is 9.18 Å². The number of benzene rings is 2. The highest BCUT2D eigenvalue weighted by Crippen LogP contribution is 2.34. The number of aryl methyl sites for hydroxylation is 1. The summed E-state index contributed by atoms with van der Waals surface area (Å²) >= 11 is 6.37. The standard InChI is InChI=1S/C22H24ClFN2O2/c1-5-11-26-21-15(7-6-8-16(21)23)20(25-26)14-9-10-18(17(24)12-14)28-19(27)13-22(2,3)4/h6-10,12H,5,11,13H2,1-4H3. The topological polar surface area (TPSA) is 44.1 Å². The lowest BCUT2D eigenvalue weighted by molar-refractivity contribution is -0.136. The van der Waals surface area contributed by atoms with Crippen molar-refractivity contribution in [1.29, 1.82) is 0 Å². The fraction of sp³-hybridized carbons (Fsp3) is 0.364. The number of nitrogens with zero attached hydrogens (tertiary/aromatic N) is 2. The molecule has 3 rings (SSSR count). The molecular formula is C22H24ClFN2O2. The third-order valence-electron chi connectivity index (χ3n) is 4.26. The highest BCUT2D eigenvalue weighted by atomic mass is 35.5. The normalized spacial score (nSPS) is 11.8. The molecule has 3 aromatic rings. The maximum Gasteiger partial charge on any atom is 0.311 e. The summed E-state index contributed by atoms with van der Waals surface area (Å²) in [5, 5.41) is 6.12. The third kappa shape index (κ3) is 4.36. The lowest BCUT2D eigenvalue weighted by atomic mass is 9.92. The molecule has 1 aromatic heterocycles. The van der Waals surface area contributed by atoms with Crippen molar-refractivity contribution < 1.29 is 13.9 Å². The monoisotopic (exact) mass is 402 g/mol. The molecule has 0 radical (unpaired) electrons. The van der Waals surface area contributed by atoms with Crippen LogP contribution in [-0.2, 0) is 11.3 Å². The Morgan fingerprint density at radius 1 is 1.25 bits per heavy atom. The Kier molecular flexibility index (Phi) is 5.75. The second-order valence-electron chi connectivity index (χ2n) is 8.06. The molecular weight excluding hydrogens is 379 g/mol. The van der Waals surface area contributed by atoms with Crippen LogP contribution in [0.4, 0.5) is 4.39 Å². The number of rotatable bonds is 5. The molecule has 0 spiro atoms. The molecule has 0 fully saturated rings. The number of fused-ring (bicyclic) bond motifs is 1. The van der Waals surface area contributed by atoms with Crippen LogP contribution in [0.2, 0.25) is 5.02 Å². The van der Waals surface area contributed by atoms with Crippen LogP contribution < -0.4 is 4.74 Å². The maximum atomic E-state index is 14.6. The van der Waals surface area contributed by atoms with Crippen LogP contribution in [-0.4, -0.2) is 15.7 Å². The van der Waals surface area contributed by atoms with Gasteiger partial charge in [-0.05, 0) is 36.1 Å². The van der Waals surface area contributed by atoms with Gasteiger partial charge in [-0.1, -0.05) is 51.4 Å². The third-order valence-corrected chi connectivity index (χ3v) is 4.56. The minimum absolute atomic E-state index is 0.0756. The molecule has 0 bridgehead atoms. The van der Waals surface area contributed by atoms with Gasteiger partial charge in [0.1, 0.15) is 5.69 Å². The van der Waals surface area contributed by atoms with Crippen LogP contribution in [0, 0.1) is 11.2 Å². The van der Waals surface area contributed by atoms with Gasteiger partial charge in [0.25, 0.3) is 0 Å². The van der Waals surface area contributed by atoms with Gasteiger partial charge in [-0.2, -0.15) is 5.10 Å². The first-order valence-electron chi connectivity index (χ1n) is 9.35. The average Bonchev–Trinajstić information content (AvgIpc) is 2.95. The summed E-state index contributed by atoms with van der Waals surface area (Å²) in [5.41, 5.74) is 1.87. The van der Waals surface area contributed by atoms with Crippen molar-refractivity contribution in [1.82, 2.24) is 9.78 Å². The van der Waals surface area contributed by atoms with Gasteiger partial charge < -0.3 is 4.74 Å². The van der Waals surface area contributed by atoms with Crippen LogP contribution in [0.15, 0.2) is 36.4 Å². The van der Waals surface area contributed by atoms with E-state index in [1.807, 2.05) is 43.7 Å². The fourth-order valence-corrected chi connectivity index (χ4v) is 3.37. The zero-order valence-electron chi connectivity index (χ0n) is 16.6. The van der Waals surface area contributed by atoms with Crippen molar-refractivity contribution >= 4 is 28.5 Å². The molecule has 0 aliphatic heterocycles. The summed E-state index contributed by atoms with van der Waals surface area (Å²) < 4.78 is 21.7. The van der Waals surface area contributed by atoms with E-state index in [0.29, 0.717) is 22.8 Å². The molecule has 0 saturated carbocycles. The summed E-state index contributed by atoms with van der Waals surface area (Å²) in [6, 6.07) is 10.1. The fourth-order valence-electron chi connectivity index (χ4n) is 3.10. The summed E-state index contributed by atoms with van der Waals surface area (Å²) in [4.78, 5) is 12.0. The zero-order chi connectivity index (χ0) is 20.5. The molecule has 0 saturated heterocycles. The van der Waals surface area contributed by atoms with Crippen LogP contribution >= 0.6 is 11.6 Å². The molecule has 1 heterocycles. The van der Waals surface area contributed by atoms with Crippen LogP contribution in [0.3, 0.4) is 0 Å². The van der Waals surface area contributed by atoms with Crippen molar-refractivity contribution in [2.24, 2.45) is 5.41 Å². The Bertz CT molecular complexity index is 1020. The second kappa shape index (κ2) is 7.92. The van der Waals surface area contributed by atoms with Crippen molar-refractivity contribution in [2.45, 2.75) is 47.1 Å². The number of para-hydroxylation sites is 1. The molecule has 0 aliphatic rings. The summed E-state index contributed by atoms with van der Waals surface area (Å²) in [6.45, 7) is 8.55. The molecule has 0 atom stereocenters. The van der Waals surface area contributed by atoms with Crippen molar-refractivity contribution in [3.05, 3.63) is 47.2 Å². The smallest absolute Gasteiger partial charge is 0.311 e. The van der Waals surface area contributed by atoms with E-state index in [-0.39, 0.29) is 17.6 Å². The number of carbonyl (C=O) groups excluding carboxylic acids is 1. The molecule has 148 valence electrons. The Labute approximate surface area is 169 Å². The molecule has 0 unspecified atom stereocenters. The molecule has 2 aromatic carbocycles. The number of hydrogen-bond donors (Lipinski definition) is 0. The zero-order valence-corrected chi connectivity index (χ0v) is 17.3. The number of hydrogen-bond acceptors (Lipinski definition) is 3. The van der Waals surface area contributed by atoms with E-state index >= 15 is 0 Å². The number of halogens is 2. The molecule has 4 nitrogen and oxygen atoms in total. The van der Waals surface area contributed by atoms with Crippen molar-refractivity contribution in [2.75, 3.05) is 0 Å². The Morgan fingerprint density at radius 3 is 2.64 bits per heavy atom. The molecule has 0 amide bonds. The molecule has 0 aliphatic carbocycles. The van der Waals surface area contributed by atoms with Crippen LogP contribution in [0.1, 0.15) is 40.5 Å². The first-order chi connectivity index (χ1) is 13.2. The van der Waals surface area contributed by atoms with Gasteiger partial charge in [0.2, 0.25) is 0 Å². The van der Waals surface area contributed by atoms with E-state index in [0.717, 1.165) is 17.3 Å². The summed E-state index contributed by atoms with van der Waals surface area (Å²) in [5.74, 6) is -1.13. The summed E-state index contributed by atoms with van der Waals surface area (Å²) in [7, 11) is 0. The Balaban J connectivity index is 1.96. The van der Waals surface area contributed by atoms with E-state index < -0.39 is 11.8 Å². The number of carbonyl (C=O) groups is 1. The maximum absolute atomic E-state index is 14.6. The lowest BCUT2D eigenvalue weighted by Gasteiger charge is -2.16. The van der Waals surface area contributed by atoms with E-state index in [4.69, 9.17) is 16.3 Å². The van der Waals surface area contributed by atoms with Gasteiger partial charge in [0.15, 0.2) is 11.6 Å². The minimum atomic E-state index is -0.597. The predicted octanol–water partition coefficient (Wildman–Crippen LogP) is 6.25. The predicted molar refractivity (Wildman–Crippen MR) is 110 cm³/mol. The van der Waals surface area contributed by atoms with Crippen molar-refractivity contribution in [3.8, 4) is 17.0 Å². The summed E-state index contributed by atoms with van der Waals surface area (Å²) in [6.07, 6.45) is 1.11. The van der Waals surface area contributed by atoms with Gasteiger partial charge in [0, 0.05) is 17.5 Å². The highest BCUT2D eigenvalue weighted by molar-refractivity contribution is 6.35.